The van der Waals surface area contributed by atoms with Crippen LogP contribution in [-0.2, 0) is 13.0 Å². The van der Waals surface area contributed by atoms with Crippen molar-refractivity contribution < 1.29 is 4.74 Å². The highest BCUT2D eigenvalue weighted by Crippen LogP contribution is 2.20. The second-order valence-corrected chi connectivity index (χ2v) is 5.83. The fraction of sp³-hybridized carbons (Fsp3) is 0.158. The first-order valence-electron chi connectivity index (χ1n) is 8.13. The first-order valence-corrected chi connectivity index (χ1v) is 8.13. The molecule has 0 aliphatic heterocycles. The second-order valence-electron chi connectivity index (χ2n) is 5.83. The van der Waals surface area contributed by atoms with E-state index in [4.69, 9.17) is 4.74 Å². The van der Waals surface area contributed by atoms with Crippen LogP contribution in [0.15, 0.2) is 55.1 Å². The zero-order chi connectivity index (χ0) is 17.1. The number of aromatic amines is 2. The van der Waals surface area contributed by atoms with E-state index in [0.717, 1.165) is 23.4 Å². The van der Waals surface area contributed by atoms with Crippen LogP contribution in [0.3, 0.4) is 0 Å². The lowest BCUT2D eigenvalue weighted by Crippen LogP contribution is -2.04. The number of nitrogens with one attached hydrogen (secondary N) is 3. The zero-order valence-electron chi connectivity index (χ0n) is 13.9. The molecule has 4 heterocycles. The lowest BCUT2D eigenvalue weighted by atomic mass is 10.1. The molecular weight excluding hydrogens is 314 g/mol. The molecule has 0 radical (unpaired) electrons. The third-order valence-electron chi connectivity index (χ3n) is 4.21. The molecule has 0 aliphatic rings. The molecule has 0 aromatic carbocycles. The molecule has 126 valence electrons. The van der Waals surface area contributed by atoms with Gasteiger partial charge in [0.1, 0.15) is 11.5 Å². The molecule has 0 atom stereocenters. The maximum atomic E-state index is 5.26. The Morgan fingerprint density at radius 1 is 1.08 bits per heavy atom. The van der Waals surface area contributed by atoms with E-state index in [1.54, 1.807) is 13.3 Å². The van der Waals surface area contributed by atoms with E-state index in [9.17, 15) is 0 Å². The summed E-state index contributed by atoms with van der Waals surface area (Å²) >= 11 is 0. The molecule has 6 heteroatoms. The normalized spacial score (nSPS) is 10.9. The molecule has 0 fully saturated rings. The van der Waals surface area contributed by atoms with E-state index in [1.165, 1.54) is 16.5 Å². The van der Waals surface area contributed by atoms with Gasteiger partial charge in [-0.25, -0.2) is 9.97 Å². The van der Waals surface area contributed by atoms with Crippen molar-refractivity contribution in [1.29, 1.82) is 0 Å². The van der Waals surface area contributed by atoms with E-state index < -0.39 is 0 Å². The molecular formula is C19H19N5O. The maximum Gasteiger partial charge on any atom is 0.218 e. The number of anilines is 1. The minimum atomic E-state index is 0.616. The van der Waals surface area contributed by atoms with Gasteiger partial charge in [0, 0.05) is 48.7 Å². The summed E-state index contributed by atoms with van der Waals surface area (Å²) in [6.07, 6.45) is 8.47. The summed E-state index contributed by atoms with van der Waals surface area (Å²) < 4.78 is 5.26. The van der Waals surface area contributed by atoms with E-state index in [1.807, 2.05) is 36.8 Å². The van der Waals surface area contributed by atoms with Gasteiger partial charge in [-0.2, -0.15) is 0 Å². The first kappa shape index (κ1) is 15.3. The number of nitrogens with zero attached hydrogens (tertiary/aromatic N) is 2. The Morgan fingerprint density at radius 2 is 2.04 bits per heavy atom. The van der Waals surface area contributed by atoms with Crippen LogP contribution < -0.4 is 10.1 Å². The van der Waals surface area contributed by atoms with Gasteiger partial charge in [-0.1, -0.05) is 12.1 Å². The average Bonchev–Trinajstić information content (AvgIpc) is 3.26. The fourth-order valence-corrected chi connectivity index (χ4v) is 2.92. The standard InChI is InChI=1S/C19H19N5O/c1-25-19-14(3-2-7-21-19)11-23-17-5-4-13(10-22-17)9-15-12-24-18-16(15)6-8-20-18/h2-8,10,12,20,24H,9,11H2,1H3,(H,22,23). The number of ether oxygens (including phenoxy) is 1. The Kier molecular flexibility index (Phi) is 4.08. The predicted molar refractivity (Wildman–Crippen MR) is 97.8 cm³/mol. The van der Waals surface area contributed by atoms with E-state index in [-0.39, 0.29) is 0 Å². The number of rotatable bonds is 6. The minimum Gasteiger partial charge on any atom is -0.481 e. The van der Waals surface area contributed by atoms with Crippen LogP contribution in [0.4, 0.5) is 5.82 Å². The van der Waals surface area contributed by atoms with Crippen LogP contribution in [0, 0.1) is 0 Å². The Hall–Kier alpha value is -3.28. The van der Waals surface area contributed by atoms with Crippen molar-refractivity contribution in [3.05, 3.63) is 71.8 Å². The SMILES string of the molecule is COc1ncccc1CNc1ccc(Cc2c[nH]c3[nH]ccc23)cn1. The van der Waals surface area contributed by atoms with Crippen LogP contribution in [0.2, 0.25) is 0 Å². The van der Waals surface area contributed by atoms with Gasteiger partial charge in [-0.05, 0) is 29.3 Å². The summed E-state index contributed by atoms with van der Waals surface area (Å²) in [5.74, 6) is 1.46. The molecule has 0 spiro atoms. The highest BCUT2D eigenvalue weighted by atomic mass is 16.5. The number of hydrogen-bond acceptors (Lipinski definition) is 4. The van der Waals surface area contributed by atoms with Gasteiger partial charge in [-0.15, -0.1) is 0 Å². The molecule has 25 heavy (non-hydrogen) atoms. The van der Waals surface area contributed by atoms with Crippen LogP contribution in [0.25, 0.3) is 11.0 Å². The number of H-pyrrole nitrogens is 2. The number of aromatic nitrogens is 4. The second kappa shape index (κ2) is 6.68. The molecule has 4 aromatic rings. The van der Waals surface area contributed by atoms with Gasteiger partial charge in [-0.3, -0.25) is 0 Å². The Morgan fingerprint density at radius 3 is 2.88 bits per heavy atom. The van der Waals surface area contributed by atoms with Gasteiger partial charge in [0.15, 0.2) is 0 Å². The van der Waals surface area contributed by atoms with E-state index in [0.29, 0.717) is 12.4 Å². The Balaban J connectivity index is 1.42. The van der Waals surface area contributed by atoms with Crippen LogP contribution in [-0.4, -0.2) is 27.0 Å². The summed E-state index contributed by atoms with van der Waals surface area (Å²) in [7, 11) is 1.63. The average molecular weight is 333 g/mol. The third kappa shape index (κ3) is 3.19. The quantitative estimate of drug-likeness (QED) is 0.505. The van der Waals surface area contributed by atoms with Crippen molar-refractivity contribution in [3.63, 3.8) is 0 Å². The van der Waals surface area contributed by atoms with Gasteiger partial charge in [0.2, 0.25) is 5.88 Å². The Labute approximate surface area is 145 Å². The van der Waals surface area contributed by atoms with E-state index in [2.05, 4.69) is 37.4 Å². The van der Waals surface area contributed by atoms with Crippen molar-refractivity contribution in [3.8, 4) is 5.88 Å². The highest BCUT2D eigenvalue weighted by Gasteiger charge is 2.06. The van der Waals surface area contributed by atoms with Gasteiger partial charge in [0.25, 0.3) is 0 Å². The summed E-state index contributed by atoms with van der Waals surface area (Å²) in [6, 6.07) is 10.1. The van der Waals surface area contributed by atoms with E-state index >= 15 is 0 Å². The molecule has 0 bridgehead atoms. The molecule has 0 amide bonds. The molecule has 0 aliphatic carbocycles. The summed E-state index contributed by atoms with van der Waals surface area (Å²) in [5.41, 5.74) is 4.50. The molecule has 6 nitrogen and oxygen atoms in total. The van der Waals surface area contributed by atoms with Gasteiger partial charge >= 0.3 is 0 Å². The lowest BCUT2D eigenvalue weighted by Gasteiger charge is -2.09. The monoisotopic (exact) mass is 333 g/mol. The number of pyridine rings is 2. The van der Waals surface area contributed by atoms with Gasteiger partial charge in [0.05, 0.1) is 7.11 Å². The van der Waals surface area contributed by atoms with Crippen molar-refractivity contribution in [2.24, 2.45) is 0 Å². The molecule has 0 saturated carbocycles. The Bertz CT molecular complexity index is 971. The molecule has 0 saturated heterocycles. The molecule has 0 unspecified atom stereocenters. The summed E-state index contributed by atoms with van der Waals surface area (Å²) in [4.78, 5) is 15.1. The third-order valence-corrected chi connectivity index (χ3v) is 4.21. The summed E-state index contributed by atoms with van der Waals surface area (Å²) in [6.45, 7) is 0.616. The van der Waals surface area contributed by atoms with Crippen LogP contribution >= 0.6 is 0 Å². The van der Waals surface area contributed by atoms with Crippen molar-refractivity contribution in [2.75, 3.05) is 12.4 Å². The van der Waals surface area contributed by atoms with Crippen LogP contribution in [0.1, 0.15) is 16.7 Å². The molecule has 4 aromatic heterocycles. The van der Waals surface area contributed by atoms with Crippen molar-refractivity contribution in [2.45, 2.75) is 13.0 Å². The molecule has 3 N–H and O–H groups in total. The zero-order valence-corrected chi connectivity index (χ0v) is 13.9. The summed E-state index contributed by atoms with van der Waals surface area (Å²) in [5, 5.41) is 4.53. The minimum absolute atomic E-state index is 0.616. The van der Waals surface area contributed by atoms with Crippen molar-refractivity contribution >= 4 is 16.9 Å². The number of fused-ring (bicyclic) bond motifs is 1. The number of hydrogen-bond donors (Lipinski definition) is 3. The predicted octanol–water partition coefficient (Wildman–Crippen LogP) is 3.50. The lowest BCUT2D eigenvalue weighted by molar-refractivity contribution is 0.393. The first-order chi connectivity index (χ1) is 12.3. The fourth-order valence-electron chi connectivity index (χ4n) is 2.92. The number of methoxy groups -OCH3 is 1. The maximum absolute atomic E-state index is 5.26. The van der Waals surface area contributed by atoms with Gasteiger partial charge < -0.3 is 20.0 Å². The largest absolute Gasteiger partial charge is 0.481 e. The molecule has 4 rings (SSSR count). The smallest absolute Gasteiger partial charge is 0.218 e. The van der Waals surface area contributed by atoms with Crippen LogP contribution in [0.5, 0.6) is 5.88 Å². The topological polar surface area (TPSA) is 78.6 Å². The highest BCUT2D eigenvalue weighted by molar-refractivity contribution is 5.80. The van der Waals surface area contributed by atoms with Crippen molar-refractivity contribution in [1.82, 2.24) is 19.9 Å².